The van der Waals surface area contributed by atoms with Crippen LogP contribution >= 0.6 is 15.9 Å². The molecule has 0 saturated heterocycles. The van der Waals surface area contributed by atoms with Crippen LogP contribution in [0.25, 0.3) is 0 Å². The normalized spacial score (nSPS) is 16.4. The number of hydrogen-bond acceptors (Lipinski definition) is 3. The Morgan fingerprint density at radius 2 is 2.28 bits per heavy atom. The van der Waals surface area contributed by atoms with E-state index in [1.165, 1.54) is 0 Å². The predicted molar refractivity (Wildman–Crippen MR) is 71.3 cm³/mol. The van der Waals surface area contributed by atoms with Crippen LogP contribution in [0.5, 0.6) is 0 Å². The van der Waals surface area contributed by atoms with Gasteiger partial charge in [-0.1, -0.05) is 12.5 Å². The van der Waals surface area contributed by atoms with Crippen molar-refractivity contribution < 1.29 is 9.90 Å². The van der Waals surface area contributed by atoms with Gasteiger partial charge < -0.3 is 10.4 Å². The standard InChI is InChI=1S/C13H13BrN2O2/c14-10-3-1-4-11(9(10)7-15)16-8-13(12(17)18)5-2-6-13/h1,3-4,16H,2,5-6,8H2,(H,17,18). The van der Waals surface area contributed by atoms with Crippen LogP contribution in [0.1, 0.15) is 24.8 Å². The van der Waals surface area contributed by atoms with E-state index < -0.39 is 11.4 Å². The van der Waals surface area contributed by atoms with Gasteiger partial charge in [-0.15, -0.1) is 0 Å². The van der Waals surface area contributed by atoms with Gasteiger partial charge in [0.15, 0.2) is 0 Å². The van der Waals surface area contributed by atoms with E-state index in [4.69, 9.17) is 5.26 Å². The minimum Gasteiger partial charge on any atom is -0.481 e. The van der Waals surface area contributed by atoms with Crippen molar-refractivity contribution in [3.8, 4) is 6.07 Å². The van der Waals surface area contributed by atoms with E-state index in [1.54, 1.807) is 12.1 Å². The Morgan fingerprint density at radius 1 is 1.56 bits per heavy atom. The SMILES string of the molecule is N#Cc1c(Br)cccc1NCC1(C(=O)O)CCC1. The maximum atomic E-state index is 11.2. The highest BCUT2D eigenvalue weighted by Crippen LogP contribution is 2.41. The molecule has 0 bridgehead atoms. The minimum absolute atomic E-state index is 0.369. The van der Waals surface area contributed by atoms with Crippen LogP contribution in [0.3, 0.4) is 0 Å². The van der Waals surface area contributed by atoms with E-state index in [0.29, 0.717) is 35.1 Å². The van der Waals surface area contributed by atoms with Crippen LogP contribution < -0.4 is 5.32 Å². The molecule has 0 unspecified atom stereocenters. The number of benzene rings is 1. The molecule has 0 aliphatic heterocycles. The summed E-state index contributed by atoms with van der Waals surface area (Å²) in [5.74, 6) is -0.755. The summed E-state index contributed by atoms with van der Waals surface area (Å²) in [5, 5.41) is 21.4. The van der Waals surface area contributed by atoms with Crippen molar-refractivity contribution in [2.75, 3.05) is 11.9 Å². The molecule has 0 amide bonds. The van der Waals surface area contributed by atoms with E-state index in [-0.39, 0.29) is 0 Å². The summed E-state index contributed by atoms with van der Waals surface area (Å²) in [6.45, 7) is 0.369. The summed E-state index contributed by atoms with van der Waals surface area (Å²) >= 11 is 3.31. The monoisotopic (exact) mass is 308 g/mol. The second-order valence-corrected chi connectivity index (χ2v) is 5.42. The van der Waals surface area contributed by atoms with E-state index in [2.05, 4.69) is 27.3 Å². The zero-order chi connectivity index (χ0) is 13.2. The van der Waals surface area contributed by atoms with Crippen molar-refractivity contribution in [1.82, 2.24) is 0 Å². The average Bonchev–Trinajstić information content (AvgIpc) is 2.27. The number of rotatable bonds is 4. The van der Waals surface area contributed by atoms with Crippen molar-refractivity contribution in [3.63, 3.8) is 0 Å². The molecule has 18 heavy (non-hydrogen) atoms. The van der Waals surface area contributed by atoms with Gasteiger partial charge in [-0.2, -0.15) is 5.26 Å². The molecule has 0 radical (unpaired) electrons. The number of hydrogen-bond donors (Lipinski definition) is 2. The number of carboxylic acid groups (broad SMARTS) is 1. The Balaban J connectivity index is 2.14. The highest BCUT2D eigenvalue weighted by molar-refractivity contribution is 9.10. The van der Waals surface area contributed by atoms with Crippen molar-refractivity contribution in [2.45, 2.75) is 19.3 Å². The Hall–Kier alpha value is -1.54. The van der Waals surface area contributed by atoms with Crippen LogP contribution in [0.15, 0.2) is 22.7 Å². The fourth-order valence-corrected chi connectivity index (χ4v) is 2.57. The van der Waals surface area contributed by atoms with Gasteiger partial charge in [-0.3, -0.25) is 4.79 Å². The zero-order valence-electron chi connectivity index (χ0n) is 9.74. The van der Waals surface area contributed by atoms with E-state index in [1.807, 2.05) is 6.07 Å². The topological polar surface area (TPSA) is 73.1 Å². The molecule has 1 aromatic rings. The number of halogens is 1. The molecule has 1 fully saturated rings. The van der Waals surface area contributed by atoms with Gasteiger partial charge in [0.1, 0.15) is 6.07 Å². The molecule has 4 nitrogen and oxygen atoms in total. The third-order valence-corrected chi connectivity index (χ3v) is 4.17. The molecule has 0 heterocycles. The van der Waals surface area contributed by atoms with Crippen LogP contribution in [0.2, 0.25) is 0 Å². The summed E-state index contributed by atoms with van der Waals surface area (Å²) in [4.78, 5) is 11.2. The van der Waals surface area contributed by atoms with E-state index in [9.17, 15) is 9.90 Å². The molecule has 2 rings (SSSR count). The van der Waals surface area contributed by atoms with Crippen LogP contribution in [0, 0.1) is 16.7 Å². The lowest BCUT2D eigenvalue weighted by atomic mass is 9.69. The van der Waals surface area contributed by atoms with Crippen LogP contribution in [-0.2, 0) is 4.79 Å². The first kappa shape index (κ1) is 12.9. The van der Waals surface area contributed by atoms with E-state index in [0.717, 1.165) is 6.42 Å². The minimum atomic E-state index is -0.755. The number of aliphatic carboxylic acids is 1. The van der Waals surface area contributed by atoms with Crippen LogP contribution in [-0.4, -0.2) is 17.6 Å². The Labute approximate surface area is 114 Å². The number of anilines is 1. The maximum absolute atomic E-state index is 11.2. The average molecular weight is 309 g/mol. The lowest BCUT2D eigenvalue weighted by Gasteiger charge is -2.38. The first-order chi connectivity index (χ1) is 8.59. The Bertz CT molecular complexity index is 518. The molecule has 0 spiro atoms. The quantitative estimate of drug-likeness (QED) is 0.897. The molecule has 1 aromatic carbocycles. The van der Waals surface area contributed by atoms with Crippen molar-refractivity contribution in [2.24, 2.45) is 5.41 Å². The van der Waals surface area contributed by atoms with Gasteiger partial charge in [-0.25, -0.2) is 0 Å². The predicted octanol–water partition coefficient (Wildman–Crippen LogP) is 2.99. The number of carbonyl (C=O) groups is 1. The van der Waals surface area contributed by atoms with Gasteiger partial charge >= 0.3 is 5.97 Å². The highest BCUT2D eigenvalue weighted by Gasteiger charge is 2.44. The first-order valence-corrected chi connectivity index (χ1v) is 6.54. The molecule has 1 aliphatic rings. The van der Waals surface area contributed by atoms with E-state index >= 15 is 0 Å². The van der Waals surface area contributed by atoms with Crippen molar-refractivity contribution in [1.29, 1.82) is 5.26 Å². The van der Waals surface area contributed by atoms with Gasteiger partial charge in [-0.05, 0) is 40.9 Å². The number of nitrogens with zero attached hydrogens (tertiary/aromatic N) is 1. The lowest BCUT2D eigenvalue weighted by Crippen LogP contribution is -2.43. The third-order valence-electron chi connectivity index (χ3n) is 3.51. The molecule has 94 valence electrons. The molecule has 0 atom stereocenters. The molecule has 1 saturated carbocycles. The van der Waals surface area contributed by atoms with Crippen molar-refractivity contribution >= 4 is 27.6 Å². The van der Waals surface area contributed by atoms with Gasteiger partial charge in [0, 0.05) is 11.0 Å². The molecular formula is C13H13BrN2O2. The second kappa shape index (κ2) is 4.99. The maximum Gasteiger partial charge on any atom is 0.311 e. The smallest absolute Gasteiger partial charge is 0.311 e. The zero-order valence-corrected chi connectivity index (χ0v) is 11.3. The summed E-state index contributed by atoms with van der Waals surface area (Å²) in [6, 6.07) is 7.51. The summed E-state index contributed by atoms with van der Waals surface area (Å²) in [5.41, 5.74) is 0.534. The molecule has 5 heteroatoms. The fourth-order valence-electron chi connectivity index (χ4n) is 2.12. The van der Waals surface area contributed by atoms with Crippen LogP contribution in [0.4, 0.5) is 5.69 Å². The Kier molecular flexibility index (Phi) is 3.58. The largest absolute Gasteiger partial charge is 0.481 e. The van der Waals surface area contributed by atoms with Gasteiger partial charge in [0.2, 0.25) is 0 Å². The first-order valence-electron chi connectivity index (χ1n) is 5.75. The third kappa shape index (κ3) is 2.21. The molecule has 0 aromatic heterocycles. The van der Waals surface area contributed by atoms with Crippen molar-refractivity contribution in [3.05, 3.63) is 28.2 Å². The Morgan fingerprint density at radius 3 is 2.78 bits per heavy atom. The molecule has 1 aliphatic carbocycles. The number of nitrogens with one attached hydrogen (secondary N) is 1. The number of carboxylic acids is 1. The molecule has 2 N–H and O–H groups in total. The number of nitriles is 1. The fraction of sp³-hybridized carbons (Fsp3) is 0.385. The summed E-state index contributed by atoms with van der Waals surface area (Å²) in [6.07, 6.45) is 2.36. The molecular weight excluding hydrogens is 296 g/mol. The van der Waals surface area contributed by atoms with Gasteiger partial charge in [0.05, 0.1) is 16.7 Å². The highest BCUT2D eigenvalue weighted by atomic mass is 79.9. The second-order valence-electron chi connectivity index (χ2n) is 4.57. The summed E-state index contributed by atoms with van der Waals surface area (Å²) in [7, 11) is 0. The summed E-state index contributed by atoms with van der Waals surface area (Å²) < 4.78 is 0.716. The van der Waals surface area contributed by atoms with Gasteiger partial charge in [0.25, 0.3) is 0 Å². The lowest BCUT2D eigenvalue weighted by molar-refractivity contribution is -0.153.